The van der Waals surface area contributed by atoms with Gasteiger partial charge in [-0.2, -0.15) is 0 Å². The van der Waals surface area contributed by atoms with Crippen molar-refractivity contribution in [3.05, 3.63) is 237 Å². The van der Waals surface area contributed by atoms with Gasteiger partial charge in [-0.05, 0) is 112 Å². The summed E-state index contributed by atoms with van der Waals surface area (Å²) in [6, 6.07) is 86.3. The third-order valence-corrected chi connectivity index (χ3v) is 13.1. The van der Waals surface area contributed by atoms with Crippen LogP contribution in [0, 0.1) is 0 Å². The third kappa shape index (κ3) is 5.60. The molecule has 13 aromatic rings. The highest BCUT2D eigenvalue weighted by molar-refractivity contribution is 6.23. The Morgan fingerprint density at radius 3 is 1.21 bits per heavy atom. The van der Waals surface area contributed by atoms with Crippen LogP contribution < -0.4 is 4.90 Å². The molecule has 0 radical (unpaired) electrons. The molecule has 63 heavy (non-hydrogen) atoms. The summed E-state index contributed by atoms with van der Waals surface area (Å²) >= 11 is 0. The molecule has 3 nitrogen and oxygen atoms in total. The Balaban J connectivity index is 0.888. The number of rotatable bonds is 7. The summed E-state index contributed by atoms with van der Waals surface area (Å²) in [7, 11) is 0. The van der Waals surface area contributed by atoms with E-state index in [-0.39, 0.29) is 0 Å². The molecule has 10 aromatic carbocycles. The predicted octanol–water partition coefficient (Wildman–Crippen LogP) is 16.4. The SMILES string of the molecule is c1ccc(-c2ccc(-c3ccc(N(c4ccc(-c5ccc6c(c5)c5cccc7c8ccccc8n6c75)cc4)c4ccc(-n5c6ccccc6c6ccccc65)cc4)cc3)cc2)cc1. The zero-order valence-corrected chi connectivity index (χ0v) is 34.4. The van der Waals surface area contributed by atoms with Crippen LogP contribution in [0.3, 0.4) is 0 Å². The summed E-state index contributed by atoms with van der Waals surface area (Å²) in [5.41, 5.74) is 17.8. The lowest BCUT2D eigenvalue weighted by atomic mass is 10.00. The number of hydrogen-bond donors (Lipinski definition) is 0. The first kappa shape index (κ1) is 35.4. The number of anilines is 3. The lowest BCUT2D eigenvalue weighted by Crippen LogP contribution is -2.10. The summed E-state index contributed by atoms with van der Waals surface area (Å²) in [6.07, 6.45) is 0. The van der Waals surface area contributed by atoms with Crippen LogP contribution in [0.25, 0.3) is 99.0 Å². The quantitative estimate of drug-likeness (QED) is 0.156. The highest BCUT2D eigenvalue weighted by atomic mass is 15.1. The van der Waals surface area contributed by atoms with Crippen LogP contribution in [0.2, 0.25) is 0 Å². The molecule has 3 aromatic heterocycles. The van der Waals surface area contributed by atoms with Crippen LogP contribution in [0.1, 0.15) is 0 Å². The topological polar surface area (TPSA) is 12.6 Å². The van der Waals surface area contributed by atoms with Crippen molar-refractivity contribution in [2.24, 2.45) is 0 Å². The first-order valence-electron chi connectivity index (χ1n) is 21.7. The molecule has 0 amide bonds. The van der Waals surface area contributed by atoms with Gasteiger partial charge in [0.05, 0.1) is 27.6 Å². The monoisotopic (exact) mass is 801 g/mol. The predicted molar refractivity (Wildman–Crippen MR) is 266 cm³/mol. The van der Waals surface area contributed by atoms with Crippen LogP contribution in [0.5, 0.6) is 0 Å². The van der Waals surface area contributed by atoms with Crippen LogP contribution in [-0.2, 0) is 0 Å². The highest BCUT2D eigenvalue weighted by Gasteiger charge is 2.19. The number of benzene rings is 10. The van der Waals surface area contributed by atoms with Gasteiger partial charge in [-0.25, -0.2) is 0 Å². The van der Waals surface area contributed by atoms with E-state index in [0.717, 1.165) is 22.7 Å². The molecule has 3 heterocycles. The van der Waals surface area contributed by atoms with Crippen molar-refractivity contribution in [3.63, 3.8) is 0 Å². The molecule has 0 bridgehead atoms. The molecule has 0 aliphatic carbocycles. The Morgan fingerprint density at radius 2 is 0.635 bits per heavy atom. The molecule has 0 unspecified atom stereocenters. The molecule has 0 N–H and O–H groups in total. The molecule has 0 aliphatic heterocycles. The van der Waals surface area contributed by atoms with E-state index in [1.54, 1.807) is 0 Å². The second-order valence-corrected chi connectivity index (χ2v) is 16.5. The summed E-state index contributed by atoms with van der Waals surface area (Å²) in [4.78, 5) is 2.36. The lowest BCUT2D eigenvalue weighted by Gasteiger charge is -2.26. The van der Waals surface area contributed by atoms with Crippen molar-refractivity contribution in [1.29, 1.82) is 0 Å². The molecule has 3 heteroatoms. The Labute approximate surface area is 364 Å². The Bertz CT molecular complexity index is 3750. The summed E-state index contributed by atoms with van der Waals surface area (Å²) in [5, 5.41) is 7.71. The maximum Gasteiger partial charge on any atom is 0.0620 e. The van der Waals surface area contributed by atoms with Crippen molar-refractivity contribution in [2.45, 2.75) is 0 Å². The molecular weight excluding hydrogens is 763 g/mol. The van der Waals surface area contributed by atoms with Crippen molar-refractivity contribution in [2.75, 3.05) is 4.90 Å². The molecule has 0 atom stereocenters. The molecule has 0 fully saturated rings. The molecule has 294 valence electrons. The highest BCUT2D eigenvalue weighted by Crippen LogP contribution is 2.42. The molecule has 0 saturated heterocycles. The van der Waals surface area contributed by atoms with Crippen molar-refractivity contribution >= 4 is 77.0 Å². The first-order valence-corrected chi connectivity index (χ1v) is 21.7. The average Bonchev–Trinajstić information content (AvgIpc) is 4.00. The van der Waals surface area contributed by atoms with Gasteiger partial charge >= 0.3 is 0 Å². The number of fused-ring (bicyclic) bond motifs is 9. The summed E-state index contributed by atoms with van der Waals surface area (Å²) in [5.74, 6) is 0. The van der Waals surface area contributed by atoms with E-state index in [9.17, 15) is 0 Å². The third-order valence-electron chi connectivity index (χ3n) is 13.1. The number of nitrogens with zero attached hydrogens (tertiary/aromatic N) is 3. The average molecular weight is 802 g/mol. The molecule has 0 saturated carbocycles. The van der Waals surface area contributed by atoms with E-state index in [4.69, 9.17) is 0 Å². The maximum atomic E-state index is 2.44. The molecule has 0 aliphatic rings. The zero-order chi connectivity index (χ0) is 41.4. The van der Waals surface area contributed by atoms with Gasteiger partial charge in [0.1, 0.15) is 0 Å². The van der Waals surface area contributed by atoms with E-state index >= 15 is 0 Å². The fraction of sp³-hybridized carbons (Fsp3) is 0. The second-order valence-electron chi connectivity index (χ2n) is 16.5. The van der Waals surface area contributed by atoms with Crippen molar-refractivity contribution in [1.82, 2.24) is 8.97 Å². The number of aromatic nitrogens is 2. The minimum Gasteiger partial charge on any atom is -0.311 e. The van der Waals surface area contributed by atoms with Gasteiger partial charge in [0.15, 0.2) is 0 Å². The second kappa shape index (κ2) is 14.1. The van der Waals surface area contributed by atoms with Gasteiger partial charge in [0.2, 0.25) is 0 Å². The van der Waals surface area contributed by atoms with E-state index in [1.807, 2.05) is 0 Å². The van der Waals surface area contributed by atoms with Gasteiger partial charge in [0.25, 0.3) is 0 Å². The zero-order valence-electron chi connectivity index (χ0n) is 34.4. The van der Waals surface area contributed by atoms with Gasteiger partial charge in [-0.3, -0.25) is 0 Å². The largest absolute Gasteiger partial charge is 0.311 e. The van der Waals surface area contributed by atoms with Crippen LogP contribution in [0.4, 0.5) is 17.1 Å². The molecule has 0 spiro atoms. The van der Waals surface area contributed by atoms with E-state index in [0.29, 0.717) is 0 Å². The lowest BCUT2D eigenvalue weighted by molar-refractivity contribution is 1.17. The summed E-state index contributed by atoms with van der Waals surface area (Å²) in [6.45, 7) is 0. The number of hydrogen-bond acceptors (Lipinski definition) is 1. The van der Waals surface area contributed by atoms with Crippen LogP contribution in [-0.4, -0.2) is 8.97 Å². The normalized spacial score (nSPS) is 11.8. The van der Waals surface area contributed by atoms with Gasteiger partial charge in [0, 0.05) is 55.1 Å². The Hall–Kier alpha value is -8.40. The Morgan fingerprint density at radius 1 is 0.254 bits per heavy atom. The van der Waals surface area contributed by atoms with E-state index in [2.05, 4.69) is 250 Å². The molecule has 13 rings (SSSR count). The standard InChI is InChI=1S/C60H39N3/c1-2-11-40(12-3-1)41-21-23-42(24-22-41)43-25-30-46(31-26-43)61(48-34-36-49(37-35-48)62-56-18-7-4-13-50(56)51-14-5-8-19-57(51)62)47-32-27-44(28-33-47)45-29-38-59-55(39-45)54-17-10-16-53-52-15-6-9-20-58(52)63(59)60(53)54/h1-39H. The van der Waals surface area contributed by atoms with Crippen LogP contribution >= 0.6 is 0 Å². The van der Waals surface area contributed by atoms with Crippen molar-refractivity contribution < 1.29 is 0 Å². The minimum absolute atomic E-state index is 1.09. The molecular formula is C60H39N3. The maximum absolute atomic E-state index is 2.44. The number of para-hydroxylation sites is 4. The van der Waals surface area contributed by atoms with Gasteiger partial charge in [-0.1, -0.05) is 158 Å². The summed E-state index contributed by atoms with van der Waals surface area (Å²) < 4.78 is 4.82. The van der Waals surface area contributed by atoms with Gasteiger partial charge < -0.3 is 13.9 Å². The van der Waals surface area contributed by atoms with E-state index < -0.39 is 0 Å². The fourth-order valence-corrected chi connectivity index (χ4v) is 10.1. The van der Waals surface area contributed by atoms with Crippen molar-refractivity contribution in [3.8, 4) is 39.1 Å². The smallest absolute Gasteiger partial charge is 0.0620 e. The van der Waals surface area contributed by atoms with Gasteiger partial charge in [-0.15, -0.1) is 0 Å². The minimum atomic E-state index is 1.09. The Kier molecular flexibility index (Phi) is 7.91. The van der Waals surface area contributed by atoms with Crippen LogP contribution in [0.15, 0.2) is 237 Å². The van der Waals surface area contributed by atoms with E-state index in [1.165, 1.54) is 93.3 Å². The fourth-order valence-electron chi connectivity index (χ4n) is 10.1. The first-order chi connectivity index (χ1) is 31.2.